The third-order valence-electron chi connectivity index (χ3n) is 8.38. The molecule has 0 spiro atoms. The van der Waals surface area contributed by atoms with Gasteiger partial charge in [0.05, 0.1) is 30.0 Å². The van der Waals surface area contributed by atoms with E-state index in [-0.39, 0.29) is 0 Å². The molecule has 43 heavy (non-hydrogen) atoms. The van der Waals surface area contributed by atoms with Crippen molar-refractivity contribution in [2.45, 2.75) is 66.3 Å². The Morgan fingerprint density at radius 2 is 1.70 bits per heavy atom. The predicted octanol–water partition coefficient (Wildman–Crippen LogP) is 5.95. The average Bonchev–Trinajstić information content (AvgIpc) is 3.31. The number of aliphatic carboxylic acids is 1. The lowest BCUT2D eigenvalue weighted by Crippen LogP contribution is -2.35. The van der Waals surface area contributed by atoms with Crippen molar-refractivity contribution in [3.05, 3.63) is 70.7 Å². The molecule has 9 heteroatoms. The normalized spacial score (nSPS) is 16.6. The van der Waals surface area contributed by atoms with E-state index in [4.69, 9.17) is 19.4 Å². The van der Waals surface area contributed by atoms with E-state index < -0.39 is 17.7 Å². The summed E-state index contributed by atoms with van der Waals surface area (Å²) in [5, 5.41) is 11.6. The minimum atomic E-state index is -1.17. The van der Waals surface area contributed by atoms with Crippen molar-refractivity contribution in [2.24, 2.45) is 0 Å². The molecule has 2 aliphatic heterocycles. The number of hydrogen-bond acceptors (Lipinski definition) is 7. The summed E-state index contributed by atoms with van der Waals surface area (Å²) in [4.78, 5) is 27.1. The van der Waals surface area contributed by atoms with E-state index in [2.05, 4.69) is 58.5 Å². The lowest BCUT2D eigenvalue weighted by atomic mass is 9.87. The zero-order valence-electron chi connectivity index (χ0n) is 26.0. The highest BCUT2D eigenvalue weighted by Gasteiger charge is 2.36. The number of carboxylic acid groups (broad SMARTS) is 1. The van der Waals surface area contributed by atoms with Gasteiger partial charge >= 0.3 is 5.97 Å². The van der Waals surface area contributed by atoms with E-state index in [0.717, 1.165) is 89.5 Å². The van der Waals surface area contributed by atoms with Crippen LogP contribution in [0.1, 0.15) is 54.8 Å². The van der Waals surface area contributed by atoms with Crippen molar-refractivity contribution in [3.63, 3.8) is 0 Å². The SMILES string of the molecule is Cc1ccc(-c2c([C@H](OC(C)(C)C)C(=O)O)c(C)c3c4c2cc(C)n4CCN3c2ncc(CN3CCOCC3)cn2)cc1. The number of nitrogens with zero attached hydrogens (tertiary/aromatic N) is 5. The molecule has 1 atom stereocenters. The lowest BCUT2D eigenvalue weighted by Gasteiger charge is -2.35. The van der Waals surface area contributed by atoms with Crippen molar-refractivity contribution < 1.29 is 19.4 Å². The van der Waals surface area contributed by atoms with Crippen LogP contribution in [0, 0.1) is 20.8 Å². The Kier molecular flexibility index (Phi) is 7.75. The molecule has 9 nitrogen and oxygen atoms in total. The summed E-state index contributed by atoms with van der Waals surface area (Å²) in [6.07, 6.45) is 2.66. The first-order valence-corrected chi connectivity index (χ1v) is 15.0. The van der Waals surface area contributed by atoms with Crippen LogP contribution in [-0.4, -0.2) is 69.0 Å². The van der Waals surface area contributed by atoms with Crippen LogP contribution in [-0.2, 0) is 27.4 Å². The number of benzene rings is 2. The van der Waals surface area contributed by atoms with Crippen LogP contribution in [0.5, 0.6) is 0 Å². The first kappa shape index (κ1) is 29.3. The molecule has 0 aliphatic carbocycles. The molecule has 0 saturated carbocycles. The maximum atomic E-state index is 13.0. The molecule has 1 N–H and O–H groups in total. The first-order chi connectivity index (χ1) is 20.5. The van der Waals surface area contributed by atoms with Crippen molar-refractivity contribution >= 4 is 28.5 Å². The molecule has 0 unspecified atom stereocenters. The summed E-state index contributed by atoms with van der Waals surface area (Å²) in [6.45, 7) is 17.4. The Labute approximate surface area is 253 Å². The monoisotopic (exact) mass is 583 g/mol. The number of hydrogen-bond donors (Lipinski definition) is 1. The summed E-state index contributed by atoms with van der Waals surface area (Å²) >= 11 is 0. The fourth-order valence-corrected chi connectivity index (χ4v) is 6.42. The highest BCUT2D eigenvalue weighted by Crippen LogP contribution is 2.49. The maximum Gasteiger partial charge on any atom is 0.337 e. The van der Waals surface area contributed by atoms with Gasteiger partial charge < -0.3 is 24.0 Å². The second-order valence-electron chi connectivity index (χ2n) is 12.7. The molecular weight excluding hydrogens is 542 g/mol. The zero-order chi connectivity index (χ0) is 30.5. The van der Waals surface area contributed by atoms with E-state index in [9.17, 15) is 9.90 Å². The molecule has 0 radical (unpaired) electrons. The van der Waals surface area contributed by atoms with Crippen LogP contribution in [0.25, 0.3) is 22.0 Å². The molecule has 226 valence electrons. The molecule has 1 saturated heterocycles. The van der Waals surface area contributed by atoms with Gasteiger partial charge in [0.15, 0.2) is 6.10 Å². The molecule has 2 aromatic heterocycles. The van der Waals surface area contributed by atoms with E-state index in [1.54, 1.807) is 0 Å². The molecule has 4 heterocycles. The number of carboxylic acids is 1. The van der Waals surface area contributed by atoms with Crippen molar-refractivity contribution in [1.82, 2.24) is 19.4 Å². The van der Waals surface area contributed by atoms with E-state index in [0.29, 0.717) is 18.1 Å². The minimum Gasteiger partial charge on any atom is -0.479 e. The number of aromatic nitrogens is 3. The van der Waals surface area contributed by atoms with Gasteiger partial charge in [-0.1, -0.05) is 29.8 Å². The van der Waals surface area contributed by atoms with Gasteiger partial charge in [-0.15, -0.1) is 0 Å². The Balaban J connectivity index is 1.54. The van der Waals surface area contributed by atoms with Crippen molar-refractivity contribution in [1.29, 1.82) is 0 Å². The van der Waals surface area contributed by atoms with Gasteiger partial charge in [-0.25, -0.2) is 14.8 Å². The van der Waals surface area contributed by atoms with Gasteiger partial charge in [-0.05, 0) is 64.3 Å². The van der Waals surface area contributed by atoms with Crippen LogP contribution in [0.2, 0.25) is 0 Å². The average molecular weight is 584 g/mol. The lowest BCUT2D eigenvalue weighted by molar-refractivity contribution is -0.160. The number of rotatable bonds is 7. The second-order valence-corrected chi connectivity index (χ2v) is 12.7. The molecule has 0 bridgehead atoms. The summed E-state index contributed by atoms with van der Waals surface area (Å²) < 4.78 is 14.1. The fourth-order valence-electron chi connectivity index (χ4n) is 6.42. The van der Waals surface area contributed by atoms with Gasteiger partial charge in [-0.2, -0.15) is 0 Å². The van der Waals surface area contributed by atoms with E-state index in [1.807, 2.05) is 40.1 Å². The summed E-state index contributed by atoms with van der Waals surface area (Å²) in [7, 11) is 0. The highest BCUT2D eigenvalue weighted by molar-refractivity contribution is 6.08. The molecule has 2 aromatic carbocycles. The molecule has 0 amide bonds. The van der Waals surface area contributed by atoms with Gasteiger partial charge in [0.25, 0.3) is 0 Å². The van der Waals surface area contributed by atoms with Gasteiger partial charge in [0.1, 0.15) is 0 Å². The van der Waals surface area contributed by atoms with Crippen LogP contribution < -0.4 is 4.90 Å². The quantitative estimate of drug-likeness (QED) is 0.285. The fraction of sp³-hybridized carbons (Fsp3) is 0.441. The number of carbonyl (C=O) groups is 1. The predicted molar refractivity (Wildman–Crippen MR) is 168 cm³/mol. The van der Waals surface area contributed by atoms with E-state index >= 15 is 0 Å². The third kappa shape index (κ3) is 5.64. The third-order valence-corrected chi connectivity index (χ3v) is 8.38. The standard InChI is InChI=1S/C34H41N5O4/c1-21-7-9-25(10-8-21)28-26-17-22(2)38-11-12-39(33-35-18-24(19-36-33)20-37-13-15-42-16-14-37)29(30(26)38)23(3)27(28)31(32(40)41)43-34(4,5)6/h7-10,17-19,31H,11-16,20H2,1-6H3,(H,40,41)/t31-/m0/s1. The van der Waals surface area contributed by atoms with Gasteiger partial charge in [0.2, 0.25) is 5.95 Å². The smallest absolute Gasteiger partial charge is 0.337 e. The Morgan fingerprint density at radius 3 is 2.33 bits per heavy atom. The largest absolute Gasteiger partial charge is 0.479 e. The van der Waals surface area contributed by atoms with Crippen LogP contribution >= 0.6 is 0 Å². The van der Waals surface area contributed by atoms with Gasteiger partial charge in [-0.3, -0.25) is 4.90 Å². The maximum absolute atomic E-state index is 13.0. The molecule has 1 fully saturated rings. The van der Waals surface area contributed by atoms with Crippen molar-refractivity contribution in [3.8, 4) is 11.1 Å². The minimum absolute atomic E-state index is 0.609. The summed E-state index contributed by atoms with van der Waals surface area (Å²) in [5.74, 6) is -0.405. The van der Waals surface area contributed by atoms with Crippen LogP contribution in [0.3, 0.4) is 0 Å². The number of morpholine rings is 1. The summed E-state index contributed by atoms with van der Waals surface area (Å²) in [6, 6.07) is 10.5. The molecule has 4 aromatic rings. The Bertz CT molecular complexity index is 1650. The molecular formula is C34H41N5O4. The Morgan fingerprint density at radius 1 is 1.02 bits per heavy atom. The van der Waals surface area contributed by atoms with Crippen molar-refractivity contribution in [2.75, 3.05) is 37.7 Å². The Hall–Kier alpha value is -3.79. The zero-order valence-corrected chi connectivity index (χ0v) is 26.0. The topological polar surface area (TPSA) is 93.0 Å². The number of anilines is 2. The van der Waals surface area contributed by atoms with Gasteiger partial charge in [0, 0.05) is 67.3 Å². The second kappa shape index (κ2) is 11.4. The van der Waals surface area contributed by atoms with Crippen LogP contribution in [0.4, 0.5) is 11.6 Å². The first-order valence-electron chi connectivity index (χ1n) is 15.0. The number of ether oxygens (including phenoxy) is 2. The van der Waals surface area contributed by atoms with E-state index in [1.165, 1.54) is 0 Å². The summed E-state index contributed by atoms with van der Waals surface area (Å²) in [5.41, 5.74) is 8.07. The highest BCUT2D eigenvalue weighted by atomic mass is 16.5. The number of aryl methyl sites for hydroxylation is 2. The molecule has 6 rings (SSSR count). The van der Waals surface area contributed by atoms with Crippen LogP contribution in [0.15, 0.2) is 42.7 Å². The molecule has 2 aliphatic rings.